The van der Waals surface area contributed by atoms with E-state index in [-0.39, 0.29) is 12.1 Å². The van der Waals surface area contributed by atoms with Crippen LogP contribution in [0, 0.1) is 0 Å². The summed E-state index contributed by atoms with van der Waals surface area (Å²) < 4.78 is 6.13. The molecule has 0 aliphatic carbocycles. The maximum Gasteiger partial charge on any atom is 0.170 e. The third-order valence-electron chi connectivity index (χ3n) is 4.26. The van der Waals surface area contributed by atoms with Crippen molar-refractivity contribution >= 4 is 40.7 Å². The van der Waals surface area contributed by atoms with Crippen LogP contribution in [0.25, 0.3) is 0 Å². The van der Waals surface area contributed by atoms with E-state index in [1.807, 2.05) is 66.5 Å². The number of rotatable bonds is 4. The number of nitrogens with one attached hydrogen (secondary N) is 1. The summed E-state index contributed by atoms with van der Waals surface area (Å²) >= 11 is 13.0. The smallest absolute Gasteiger partial charge is 0.170 e. The van der Waals surface area contributed by atoms with Crippen LogP contribution in [0.5, 0.6) is 0 Å². The minimum Gasteiger partial charge on any atom is -0.452 e. The van der Waals surface area contributed by atoms with Gasteiger partial charge < -0.3 is 14.6 Å². The highest BCUT2D eigenvalue weighted by Gasteiger charge is 2.39. The fourth-order valence-electron chi connectivity index (χ4n) is 2.98. The van der Waals surface area contributed by atoms with Crippen LogP contribution in [-0.4, -0.2) is 22.0 Å². The fourth-order valence-corrected chi connectivity index (χ4v) is 4.13. The van der Waals surface area contributed by atoms with Gasteiger partial charge in [0.05, 0.1) is 11.7 Å². The zero-order chi connectivity index (χ0) is 18.1. The van der Waals surface area contributed by atoms with Crippen molar-refractivity contribution in [3.8, 4) is 0 Å². The van der Waals surface area contributed by atoms with E-state index in [1.54, 1.807) is 18.0 Å². The molecule has 0 spiro atoms. The van der Waals surface area contributed by atoms with Crippen LogP contribution < -0.4 is 5.32 Å². The molecule has 2 aromatic heterocycles. The second-order valence-corrected chi connectivity index (χ2v) is 7.85. The predicted molar refractivity (Wildman–Crippen MR) is 107 cm³/mol. The van der Waals surface area contributed by atoms with E-state index >= 15 is 0 Å². The number of likely N-dealkylation sites (N-methyl/N-ethyl adjacent to an activating group) is 1. The molecule has 1 aromatic carbocycles. The van der Waals surface area contributed by atoms with Crippen molar-refractivity contribution in [3.05, 3.63) is 77.3 Å². The first-order valence-corrected chi connectivity index (χ1v) is 9.69. The van der Waals surface area contributed by atoms with Crippen LogP contribution >= 0.6 is 35.6 Å². The number of hydrogen-bond acceptors (Lipinski definition) is 4. The summed E-state index contributed by atoms with van der Waals surface area (Å²) in [5.41, 5.74) is 0.938. The number of furan rings is 1. The SMILES string of the molecule is CN1C(=S)N[C@@H](c2ccccn2)[C@H]1c1ccc(Sc2ccc(Cl)cc2)o1. The Balaban J connectivity index is 1.60. The second kappa shape index (κ2) is 7.31. The lowest BCUT2D eigenvalue weighted by Gasteiger charge is -2.21. The van der Waals surface area contributed by atoms with Crippen LogP contribution in [0.3, 0.4) is 0 Å². The van der Waals surface area contributed by atoms with Crippen molar-refractivity contribution in [1.29, 1.82) is 0 Å². The molecule has 1 saturated heterocycles. The van der Waals surface area contributed by atoms with Crippen molar-refractivity contribution in [2.24, 2.45) is 0 Å². The zero-order valence-corrected chi connectivity index (χ0v) is 16.3. The maximum atomic E-state index is 6.13. The summed E-state index contributed by atoms with van der Waals surface area (Å²) in [5.74, 6) is 0.854. The highest BCUT2D eigenvalue weighted by atomic mass is 35.5. The third-order valence-corrected chi connectivity index (χ3v) is 5.85. The molecule has 1 fully saturated rings. The average molecular weight is 402 g/mol. The fraction of sp³-hybridized carbons (Fsp3) is 0.158. The first-order chi connectivity index (χ1) is 12.6. The van der Waals surface area contributed by atoms with E-state index in [4.69, 9.17) is 28.2 Å². The lowest BCUT2D eigenvalue weighted by Crippen LogP contribution is -2.24. The molecule has 0 bridgehead atoms. The first-order valence-electron chi connectivity index (χ1n) is 8.09. The van der Waals surface area contributed by atoms with Crippen molar-refractivity contribution in [2.75, 3.05) is 7.05 Å². The lowest BCUT2D eigenvalue weighted by molar-refractivity contribution is 0.289. The van der Waals surface area contributed by atoms with Crippen LogP contribution in [0.15, 0.2) is 75.2 Å². The zero-order valence-electron chi connectivity index (χ0n) is 13.9. The summed E-state index contributed by atoms with van der Waals surface area (Å²) in [6.07, 6.45) is 1.79. The quantitative estimate of drug-likeness (QED) is 0.615. The van der Waals surface area contributed by atoms with E-state index in [0.29, 0.717) is 5.11 Å². The summed E-state index contributed by atoms with van der Waals surface area (Å²) in [4.78, 5) is 7.57. The van der Waals surface area contributed by atoms with Gasteiger partial charge in [-0.25, -0.2) is 0 Å². The van der Waals surface area contributed by atoms with Gasteiger partial charge >= 0.3 is 0 Å². The number of pyridine rings is 1. The Morgan fingerprint density at radius 3 is 2.69 bits per heavy atom. The molecule has 26 heavy (non-hydrogen) atoms. The molecule has 132 valence electrons. The third kappa shape index (κ3) is 3.45. The van der Waals surface area contributed by atoms with Gasteiger partial charge in [-0.05, 0) is 60.7 Å². The van der Waals surface area contributed by atoms with E-state index in [9.17, 15) is 0 Å². The van der Waals surface area contributed by atoms with E-state index in [0.717, 1.165) is 26.5 Å². The van der Waals surface area contributed by atoms with Gasteiger partial charge in [0.15, 0.2) is 10.2 Å². The molecule has 1 N–H and O–H groups in total. The normalized spacial score (nSPS) is 19.6. The number of benzene rings is 1. The molecule has 7 heteroatoms. The van der Waals surface area contributed by atoms with Crippen LogP contribution in [0.2, 0.25) is 5.02 Å². The summed E-state index contributed by atoms with van der Waals surface area (Å²) in [5, 5.41) is 5.59. The lowest BCUT2D eigenvalue weighted by atomic mass is 10.0. The van der Waals surface area contributed by atoms with Gasteiger partial charge in [0.2, 0.25) is 0 Å². The van der Waals surface area contributed by atoms with Gasteiger partial charge in [-0.2, -0.15) is 0 Å². The largest absolute Gasteiger partial charge is 0.452 e. The Morgan fingerprint density at radius 1 is 1.15 bits per heavy atom. The number of thiocarbonyl (C=S) groups is 1. The number of halogens is 1. The topological polar surface area (TPSA) is 41.3 Å². The average Bonchev–Trinajstić information content (AvgIpc) is 3.22. The Hall–Kier alpha value is -2.02. The molecule has 1 aliphatic heterocycles. The molecule has 2 atom stereocenters. The van der Waals surface area contributed by atoms with E-state index < -0.39 is 0 Å². The minimum atomic E-state index is -0.0479. The first kappa shape index (κ1) is 17.4. The van der Waals surface area contributed by atoms with Crippen molar-refractivity contribution in [3.63, 3.8) is 0 Å². The van der Waals surface area contributed by atoms with Crippen molar-refractivity contribution in [1.82, 2.24) is 15.2 Å². The molecule has 4 nitrogen and oxygen atoms in total. The van der Waals surface area contributed by atoms with Gasteiger partial charge in [0, 0.05) is 23.2 Å². The molecule has 0 unspecified atom stereocenters. The van der Waals surface area contributed by atoms with Crippen molar-refractivity contribution in [2.45, 2.75) is 22.1 Å². The van der Waals surface area contributed by atoms with E-state index in [1.165, 1.54) is 0 Å². The molecular formula is C19H16ClN3OS2. The predicted octanol–water partition coefficient (Wildman–Crippen LogP) is 5.08. The number of hydrogen-bond donors (Lipinski definition) is 1. The Morgan fingerprint density at radius 2 is 1.96 bits per heavy atom. The Labute approximate surface area is 166 Å². The van der Waals surface area contributed by atoms with Crippen LogP contribution in [0.1, 0.15) is 23.5 Å². The minimum absolute atomic E-state index is 0.0445. The molecule has 0 radical (unpaired) electrons. The summed E-state index contributed by atoms with van der Waals surface area (Å²) in [6, 6.07) is 17.5. The highest BCUT2D eigenvalue weighted by molar-refractivity contribution is 7.99. The number of aromatic nitrogens is 1. The molecule has 1 aliphatic rings. The van der Waals surface area contributed by atoms with Gasteiger partial charge in [0.1, 0.15) is 11.8 Å². The maximum absolute atomic E-state index is 6.13. The van der Waals surface area contributed by atoms with Crippen LogP contribution in [-0.2, 0) is 0 Å². The molecule has 4 rings (SSSR count). The molecule has 0 amide bonds. The van der Waals surface area contributed by atoms with Gasteiger partial charge in [-0.3, -0.25) is 4.98 Å². The van der Waals surface area contributed by atoms with E-state index in [2.05, 4.69) is 10.3 Å². The van der Waals surface area contributed by atoms with Crippen molar-refractivity contribution < 1.29 is 4.42 Å². The second-order valence-electron chi connectivity index (χ2n) is 5.95. The Kier molecular flexibility index (Phi) is 4.89. The monoisotopic (exact) mass is 401 g/mol. The molecule has 3 aromatic rings. The summed E-state index contributed by atoms with van der Waals surface area (Å²) in [7, 11) is 1.97. The van der Waals surface area contributed by atoms with Gasteiger partial charge in [0.25, 0.3) is 0 Å². The standard InChI is InChI=1S/C19H16ClN3OS2/c1-23-18(17(22-19(23)25)14-4-2-3-11-21-14)15-9-10-16(24-15)26-13-7-5-12(20)6-8-13/h2-11,17-18H,1H3,(H,22,25)/t17-,18+/m0/s1. The number of nitrogens with zero attached hydrogens (tertiary/aromatic N) is 2. The summed E-state index contributed by atoms with van der Waals surface area (Å²) in [6.45, 7) is 0. The van der Waals surface area contributed by atoms with Crippen LogP contribution in [0.4, 0.5) is 0 Å². The molecular weight excluding hydrogens is 386 g/mol. The molecule has 0 saturated carbocycles. The highest BCUT2D eigenvalue weighted by Crippen LogP contribution is 2.40. The van der Waals surface area contributed by atoms with Gasteiger partial charge in [-0.15, -0.1) is 0 Å². The van der Waals surface area contributed by atoms with Gasteiger partial charge in [-0.1, -0.05) is 29.4 Å². The molecule has 3 heterocycles. The Bertz CT molecular complexity index is 914.